The second kappa shape index (κ2) is 9.12. The van der Waals surface area contributed by atoms with Gasteiger partial charge in [-0.1, -0.05) is 23.2 Å². The van der Waals surface area contributed by atoms with Gasteiger partial charge >= 0.3 is 0 Å². The van der Waals surface area contributed by atoms with E-state index in [2.05, 4.69) is 5.32 Å². The highest BCUT2D eigenvalue weighted by atomic mass is 35.5. The van der Waals surface area contributed by atoms with E-state index in [9.17, 15) is 4.79 Å². The van der Waals surface area contributed by atoms with Crippen LogP contribution in [0.3, 0.4) is 0 Å². The molecule has 0 fully saturated rings. The highest BCUT2D eigenvalue weighted by Crippen LogP contribution is 2.30. The lowest BCUT2D eigenvalue weighted by Crippen LogP contribution is -2.30. The molecule has 7 heteroatoms. The second-order valence-corrected chi connectivity index (χ2v) is 6.82. The molecule has 2 rings (SSSR count). The van der Waals surface area contributed by atoms with Gasteiger partial charge in [0.15, 0.2) is 11.5 Å². The Kier molecular flexibility index (Phi) is 7.14. The maximum Gasteiger partial charge on any atom is 0.238 e. The first-order chi connectivity index (χ1) is 12.3. The first-order valence-corrected chi connectivity index (χ1v) is 8.74. The zero-order chi connectivity index (χ0) is 19.3. The first-order valence-electron chi connectivity index (χ1n) is 7.99. The lowest BCUT2D eigenvalue weighted by Gasteiger charge is -2.19. The Labute approximate surface area is 163 Å². The lowest BCUT2D eigenvalue weighted by molar-refractivity contribution is -0.117. The van der Waals surface area contributed by atoms with Crippen LogP contribution in [0.4, 0.5) is 5.69 Å². The van der Waals surface area contributed by atoms with Crippen LogP contribution in [-0.2, 0) is 11.3 Å². The van der Waals surface area contributed by atoms with E-state index in [4.69, 9.17) is 32.7 Å². The molecule has 2 aromatic carbocycles. The number of rotatable bonds is 7. The predicted molar refractivity (Wildman–Crippen MR) is 106 cm³/mol. The Bertz CT molecular complexity index is 797. The molecular weight excluding hydrogens is 375 g/mol. The largest absolute Gasteiger partial charge is 0.493 e. The molecule has 0 aromatic heterocycles. The molecule has 0 spiro atoms. The van der Waals surface area contributed by atoms with Crippen molar-refractivity contribution in [3.63, 3.8) is 0 Å². The van der Waals surface area contributed by atoms with Crippen LogP contribution >= 0.6 is 23.2 Å². The maximum absolute atomic E-state index is 12.3. The Hall–Kier alpha value is -1.95. The van der Waals surface area contributed by atoms with Gasteiger partial charge in [0.1, 0.15) is 0 Å². The molecule has 140 valence electrons. The van der Waals surface area contributed by atoms with Crippen molar-refractivity contribution in [2.75, 3.05) is 33.1 Å². The number of hydrogen-bond donors (Lipinski definition) is 1. The van der Waals surface area contributed by atoms with Crippen molar-refractivity contribution in [1.82, 2.24) is 4.90 Å². The Morgan fingerprint density at radius 2 is 1.77 bits per heavy atom. The molecule has 1 amide bonds. The van der Waals surface area contributed by atoms with Crippen LogP contribution < -0.4 is 14.8 Å². The average molecular weight is 397 g/mol. The number of methoxy groups -OCH3 is 2. The van der Waals surface area contributed by atoms with E-state index in [1.54, 1.807) is 32.4 Å². The number of nitrogens with zero attached hydrogens (tertiary/aromatic N) is 1. The van der Waals surface area contributed by atoms with Gasteiger partial charge in [-0.15, -0.1) is 0 Å². The zero-order valence-electron chi connectivity index (χ0n) is 15.2. The van der Waals surface area contributed by atoms with Gasteiger partial charge in [0.25, 0.3) is 0 Å². The van der Waals surface area contributed by atoms with Crippen LogP contribution in [0.1, 0.15) is 11.1 Å². The van der Waals surface area contributed by atoms with Gasteiger partial charge < -0.3 is 14.8 Å². The number of benzene rings is 2. The molecule has 0 bridgehead atoms. The zero-order valence-corrected chi connectivity index (χ0v) is 16.7. The average Bonchev–Trinajstić information content (AvgIpc) is 2.59. The summed E-state index contributed by atoms with van der Waals surface area (Å²) in [5.74, 6) is 1.18. The van der Waals surface area contributed by atoms with E-state index < -0.39 is 0 Å². The van der Waals surface area contributed by atoms with Gasteiger partial charge in [0.05, 0.1) is 31.5 Å². The SMILES string of the molecule is COc1cc(C)c(CN(C)CC(=O)Nc2cc(Cl)ccc2Cl)cc1OC. The van der Waals surface area contributed by atoms with Crippen molar-refractivity contribution in [2.24, 2.45) is 0 Å². The summed E-state index contributed by atoms with van der Waals surface area (Å²) in [5, 5.41) is 3.74. The summed E-state index contributed by atoms with van der Waals surface area (Å²) < 4.78 is 10.7. The third-order valence-electron chi connectivity index (χ3n) is 3.90. The number of ether oxygens (including phenoxy) is 2. The smallest absolute Gasteiger partial charge is 0.238 e. The summed E-state index contributed by atoms with van der Waals surface area (Å²) in [4.78, 5) is 14.2. The number of nitrogens with one attached hydrogen (secondary N) is 1. The molecule has 0 saturated carbocycles. The number of likely N-dealkylation sites (N-methyl/N-ethyl adjacent to an activating group) is 1. The lowest BCUT2D eigenvalue weighted by atomic mass is 10.1. The molecule has 5 nitrogen and oxygen atoms in total. The molecule has 0 unspecified atom stereocenters. The summed E-state index contributed by atoms with van der Waals surface area (Å²) in [7, 11) is 5.08. The molecule has 0 aliphatic rings. The van der Waals surface area contributed by atoms with Gasteiger partial charge in [0, 0.05) is 11.6 Å². The molecule has 1 N–H and O–H groups in total. The normalized spacial score (nSPS) is 10.7. The fraction of sp³-hybridized carbons (Fsp3) is 0.316. The molecule has 0 radical (unpaired) electrons. The predicted octanol–water partition coefficient (Wildman–Crippen LogP) is 4.39. The van der Waals surface area contributed by atoms with Crippen molar-refractivity contribution in [3.8, 4) is 11.5 Å². The van der Waals surface area contributed by atoms with Crippen LogP contribution in [0.2, 0.25) is 10.0 Å². The highest BCUT2D eigenvalue weighted by Gasteiger charge is 2.13. The molecule has 26 heavy (non-hydrogen) atoms. The third-order valence-corrected chi connectivity index (χ3v) is 4.46. The minimum Gasteiger partial charge on any atom is -0.493 e. The molecule has 0 aliphatic heterocycles. The summed E-state index contributed by atoms with van der Waals surface area (Å²) in [6.07, 6.45) is 0. The van der Waals surface area contributed by atoms with E-state index in [0.717, 1.165) is 11.1 Å². The number of hydrogen-bond acceptors (Lipinski definition) is 4. The second-order valence-electron chi connectivity index (χ2n) is 5.98. The van der Waals surface area contributed by atoms with E-state index in [1.807, 2.05) is 31.0 Å². The highest BCUT2D eigenvalue weighted by molar-refractivity contribution is 6.35. The Balaban J connectivity index is 2.03. The molecular formula is C19H22Cl2N2O3. The van der Waals surface area contributed by atoms with Crippen LogP contribution in [0.5, 0.6) is 11.5 Å². The topological polar surface area (TPSA) is 50.8 Å². The van der Waals surface area contributed by atoms with E-state index in [-0.39, 0.29) is 12.5 Å². The number of carbonyl (C=O) groups is 1. The van der Waals surface area contributed by atoms with Gasteiger partial charge in [-0.25, -0.2) is 0 Å². The van der Waals surface area contributed by atoms with E-state index >= 15 is 0 Å². The van der Waals surface area contributed by atoms with Crippen LogP contribution in [-0.4, -0.2) is 38.6 Å². The fourth-order valence-electron chi connectivity index (χ4n) is 2.57. The van der Waals surface area contributed by atoms with Crippen molar-refractivity contribution in [3.05, 3.63) is 51.5 Å². The van der Waals surface area contributed by atoms with Gasteiger partial charge in [-0.3, -0.25) is 9.69 Å². The van der Waals surface area contributed by atoms with E-state index in [0.29, 0.717) is 33.8 Å². The number of anilines is 1. The third kappa shape index (κ3) is 5.27. The van der Waals surface area contributed by atoms with Crippen molar-refractivity contribution in [2.45, 2.75) is 13.5 Å². The molecule has 0 atom stereocenters. The van der Waals surface area contributed by atoms with Crippen molar-refractivity contribution >= 4 is 34.8 Å². The molecule has 0 heterocycles. The molecule has 0 saturated heterocycles. The minimum atomic E-state index is -0.171. The van der Waals surface area contributed by atoms with Gasteiger partial charge in [-0.2, -0.15) is 0 Å². The number of halogens is 2. The molecule has 0 aliphatic carbocycles. The number of amides is 1. The van der Waals surface area contributed by atoms with Crippen LogP contribution in [0, 0.1) is 6.92 Å². The summed E-state index contributed by atoms with van der Waals surface area (Å²) in [6, 6.07) is 8.80. The fourth-order valence-corrected chi connectivity index (χ4v) is 2.90. The van der Waals surface area contributed by atoms with Crippen molar-refractivity contribution in [1.29, 1.82) is 0 Å². The minimum absolute atomic E-state index is 0.171. The Morgan fingerprint density at radius 3 is 2.42 bits per heavy atom. The number of aryl methyl sites for hydroxylation is 1. The van der Waals surface area contributed by atoms with Crippen molar-refractivity contribution < 1.29 is 14.3 Å². The summed E-state index contributed by atoms with van der Waals surface area (Å²) >= 11 is 12.0. The van der Waals surface area contributed by atoms with E-state index in [1.165, 1.54) is 0 Å². The summed E-state index contributed by atoms with van der Waals surface area (Å²) in [6.45, 7) is 2.79. The number of carbonyl (C=O) groups excluding carboxylic acids is 1. The summed E-state index contributed by atoms with van der Waals surface area (Å²) in [5.41, 5.74) is 2.62. The van der Waals surface area contributed by atoms with Crippen LogP contribution in [0.25, 0.3) is 0 Å². The molecule has 2 aromatic rings. The quantitative estimate of drug-likeness (QED) is 0.753. The maximum atomic E-state index is 12.3. The Morgan fingerprint density at radius 1 is 1.12 bits per heavy atom. The van der Waals surface area contributed by atoms with Crippen LogP contribution in [0.15, 0.2) is 30.3 Å². The van der Waals surface area contributed by atoms with Gasteiger partial charge in [0.2, 0.25) is 5.91 Å². The standard InChI is InChI=1S/C19H22Cl2N2O3/c1-12-7-17(25-3)18(26-4)8-13(12)10-23(2)11-19(24)22-16-9-14(20)5-6-15(16)21/h5-9H,10-11H2,1-4H3,(H,22,24). The van der Waals surface area contributed by atoms with Gasteiger partial charge in [-0.05, 0) is 55.4 Å². The monoisotopic (exact) mass is 396 g/mol. The first kappa shape index (κ1) is 20.4.